The molecule has 0 bridgehead atoms. The van der Waals surface area contributed by atoms with Crippen LogP contribution in [0.3, 0.4) is 0 Å². The van der Waals surface area contributed by atoms with Gasteiger partial charge in [0.05, 0.1) is 18.3 Å². The predicted octanol–water partition coefficient (Wildman–Crippen LogP) is 3.56. The number of benzene rings is 2. The zero-order valence-corrected chi connectivity index (χ0v) is 14.0. The predicted molar refractivity (Wildman–Crippen MR) is 90.4 cm³/mol. The number of halogens is 2. The molecule has 1 saturated heterocycles. The number of carboxylic acid groups (broad SMARTS) is 1. The molecular weight excluding hydrogens is 344 g/mol. The van der Waals surface area contributed by atoms with Crippen LogP contribution in [0, 0.1) is 0 Å². The first-order chi connectivity index (χ1) is 12.5. The first-order valence-corrected chi connectivity index (χ1v) is 8.22. The lowest BCUT2D eigenvalue weighted by atomic mass is 10.1. The molecule has 0 radical (unpaired) electrons. The number of ether oxygens (including phenoxy) is 2. The molecule has 5 nitrogen and oxygen atoms in total. The second-order valence-corrected chi connectivity index (χ2v) is 6.04. The van der Waals surface area contributed by atoms with Crippen molar-refractivity contribution in [2.45, 2.75) is 19.3 Å². The van der Waals surface area contributed by atoms with E-state index in [0.717, 1.165) is 17.7 Å². The molecule has 7 heteroatoms. The van der Waals surface area contributed by atoms with Gasteiger partial charge < -0.3 is 14.6 Å². The summed E-state index contributed by atoms with van der Waals surface area (Å²) in [5, 5.41) is 8.95. The van der Waals surface area contributed by atoms with Crippen LogP contribution in [0.4, 0.5) is 8.78 Å². The first kappa shape index (κ1) is 18.3. The molecule has 0 aliphatic carbocycles. The number of carboxylic acids is 1. The van der Waals surface area contributed by atoms with Gasteiger partial charge in [0.25, 0.3) is 0 Å². The Labute approximate surface area is 149 Å². The number of hydrogen-bond donors (Lipinski definition) is 1. The van der Waals surface area contributed by atoms with E-state index in [-0.39, 0.29) is 17.4 Å². The number of rotatable bonds is 6. The minimum atomic E-state index is -2.84. The molecule has 2 aromatic rings. The van der Waals surface area contributed by atoms with E-state index in [0.29, 0.717) is 19.7 Å². The Bertz CT molecular complexity index is 734. The molecule has 1 N–H and O–H groups in total. The van der Waals surface area contributed by atoms with Gasteiger partial charge in [0, 0.05) is 19.6 Å². The van der Waals surface area contributed by atoms with Crippen molar-refractivity contribution < 1.29 is 28.2 Å². The van der Waals surface area contributed by atoms with Crippen LogP contribution >= 0.6 is 0 Å². The van der Waals surface area contributed by atoms with Gasteiger partial charge in [0.15, 0.2) is 0 Å². The summed E-state index contributed by atoms with van der Waals surface area (Å²) in [5.74, 6) is -0.822. The van der Waals surface area contributed by atoms with Gasteiger partial charge in [-0.05, 0) is 35.4 Å². The molecule has 0 aromatic heterocycles. The van der Waals surface area contributed by atoms with E-state index in [1.807, 2.05) is 12.1 Å². The normalized spacial score (nSPS) is 18.0. The van der Waals surface area contributed by atoms with Crippen molar-refractivity contribution in [1.82, 2.24) is 4.90 Å². The summed E-state index contributed by atoms with van der Waals surface area (Å²) < 4.78 is 34.6. The third kappa shape index (κ3) is 4.77. The maximum Gasteiger partial charge on any atom is 0.387 e. The lowest BCUT2D eigenvalue weighted by Gasteiger charge is -2.33. The van der Waals surface area contributed by atoms with Crippen LogP contribution in [0.25, 0.3) is 0 Å². The van der Waals surface area contributed by atoms with Crippen LogP contribution in [0.15, 0.2) is 48.5 Å². The monoisotopic (exact) mass is 363 g/mol. The Morgan fingerprint density at radius 3 is 2.50 bits per heavy atom. The molecule has 1 aliphatic rings. The molecule has 3 rings (SSSR count). The van der Waals surface area contributed by atoms with Gasteiger partial charge in [0.2, 0.25) is 0 Å². The molecule has 2 aromatic carbocycles. The van der Waals surface area contributed by atoms with Gasteiger partial charge in [-0.25, -0.2) is 4.79 Å². The highest BCUT2D eigenvalue weighted by molar-refractivity contribution is 5.87. The van der Waals surface area contributed by atoms with Gasteiger partial charge in [-0.3, -0.25) is 4.90 Å². The average Bonchev–Trinajstić information content (AvgIpc) is 2.62. The zero-order chi connectivity index (χ0) is 18.5. The van der Waals surface area contributed by atoms with Crippen molar-refractivity contribution in [3.8, 4) is 5.75 Å². The molecule has 26 heavy (non-hydrogen) atoms. The van der Waals surface area contributed by atoms with Crippen LogP contribution in [0.5, 0.6) is 5.75 Å². The number of nitrogens with zero attached hydrogens (tertiary/aromatic N) is 1. The fraction of sp³-hybridized carbons (Fsp3) is 0.316. The third-order valence-electron chi connectivity index (χ3n) is 4.23. The Morgan fingerprint density at radius 1 is 1.19 bits per heavy atom. The van der Waals surface area contributed by atoms with Gasteiger partial charge in [-0.1, -0.05) is 24.3 Å². The molecule has 0 saturated carbocycles. The summed E-state index contributed by atoms with van der Waals surface area (Å²) in [7, 11) is 0. The van der Waals surface area contributed by atoms with Crippen molar-refractivity contribution in [2.75, 3.05) is 19.7 Å². The number of aromatic carboxylic acids is 1. The Morgan fingerprint density at radius 2 is 1.88 bits per heavy atom. The standard InChI is InChI=1S/C19H19F2NO4/c20-19(21)26-16-7-5-14(6-8-16)17-12-22(9-10-25-17)11-13-1-3-15(4-2-13)18(23)24/h1-8,17,19H,9-12H2,(H,23,24). The number of morpholine rings is 1. The van der Waals surface area contributed by atoms with Crippen molar-refractivity contribution in [1.29, 1.82) is 0 Å². The SMILES string of the molecule is O=C(O)c1ccc(CN2CCOC(c3ccc(OC(F)F)cc3)C2)cc1. The van der Waals surface area contributed by atoms with Crippen molar-refractivity contribution in [3.63, 3.8) is 0 Å². The van der Waals surface area contributed by atoms with E-state index in [1.165, 1.54) is 12.1 Å². The maximum absolute atomic E-state index is 12.2. The van der Waals surface area contributed by atoms with Gasteiger partial charge in [-0.2, -0.15) is 8.78 Å². The Kier molecular flexibility index (Phi) is 5.80. The third-order valence-corrected chi connectivity index (χ3v) is 4.23. The van der Waals surface area contributed by atoms with Crippen LogP contribution in [0.1, 0.15) is 27.6 Å². The molecule has 0 amide bonds. The Hall–Kier alpha value is -2.51. The number of carbonyl (C=O) groups is 1. The molecule has 1 unspecified atom stereocenters. The summed E-state index contributed by atoms with van der Waals surface area (Å²) in [6, 6.07) is 13.3. The molecule has 1 fully saturated rings. The highest BCUT2D eigenvalue weighted by atomic mass is 19.3. The zero-order valence-electron chi connectivity index (χ0n) is 14.0. The maximum atomic E-state index is 12.2. The van der Waals surface area contributed by atoms with E-state index in [2.05, 4.69) is 9.64 Å². The molecular formula is C19H19F2NO4. The van der Waals surface area contributed by atoms with Gasteiger partial charge in [0.1, 0.15) is 5.75 Å². The number of hydrogen-bond acceptors (Lipinski definition) is 4. The second kappa shape index (κ2) is 8.25. The first-order valence-electron chi connectivity index (χ1n) is 8.22. The molecule has 1 atom stereocenters. The van der Waals surface area contributed by atoms with E-state index >= 15 is 0 Å². The van der Waals surface area contributed by atoms with Crippen LogP contribution < -0.4 is 4.74 Å². The summed E-state index contributed by atoms with van der Waals surface area (Å²) in [4.78, 5) is 13.1. The Balaban J connectivity index is 1.60. The average molecular weight is 363 g/mol. The summed E-state index contributed by atoms with van der Waals surface area (Å²) in [6.07, 6.45) is -0.150. The van der Waals surface area contributed by atoms with E-state index in [9.17, 15) is 13.6 Å². The van der Waals surface area contributed by atoms with E-state index in [1.54, 1.807) is 24.3 Å². The van der Waals surface area contributed by atoms with Crippen molar-refractivity contribution in [3.05, 3.63) is 65.2 Å². The summed E-state index contributed by atoms with van der Waals surface area (Å²) in [5.41, 5.74) is 2.19. The fourth-order valence-corrected chi connectivity index (χ4v) is 2.92. The highest BCUT2D eigenvalue weighted by Crippen LogP contribution is 2.25. The smallest absolute Gasteiger partial charge is 0.387 e. The van der Waals surface area contributed by atoms with Crippen LogP contribution in [-0.2, 0) is 11.3 Å². The van der Waals surface area contributed by atoms with E-state index in [4.69, 9.17) is 9.84 Å². The quantitative estimate of drug-likeness (QED) is 0.850. The van der Waals surface area contributed by atoms with Gasteiger partial charge in [-0.15, -0.1) is 0 Å². The lowest BCUT2D eigenvalue weighted by Crippen LogP contribution is -2.37. The molecule has 0 spiro atoms. The highest BCUT2D eigenvalue weighted by Gasteiger charge is 2.22. The van der Waals surface area contributed by atoms with Crippen molar-refractivity contribution >= 4 is 5.97 Å². The summed E-state index contributed by atoms with van der Waals surface area (Å²) in [6.45, 7) is -0.159. The molecule has 138 valence electrons. The van der Waals surface area contributed by atoms with Crippen LogP contribution in [-0.4, -0.2) is 42.3 Å². The topological polar surface area (TPSA) is 59.0 Å². The van der Waals surface area contributed by atoms with Crippen LogP contribution in [0.2, 0.25) is 0 Å². The fourth-order valence-electron chi connectivity index (χ4n) is 2.92. The summed E-state index contributed by atoms with van der Waals surface area (Å²) >= 11 is 0. The lowest BCUT2D eigenvalue weighted by molar-refractivity contribution is -0.0500. The van der Waals surface area contributed by atoms with Gasteiger partial charge >= 0.3 is 12.6 Å². The minimum Gasteiger partial charge on any atom is -0.478 e. The van der Waals surface area contributed by atoms with E-state index < -0.39 is 12.6 Å². The molecule has 1 aliphatic heterocycles. The number of alkyl halides is 2. The largest absolute Gasteiger partial charge is 0.478 e. The molecule has 1 heterocycles. The second-order valence-electron chi connectivity index (χ2n) is 6.04. The van der Waals surface area contributed by atoms with Crippen molar-refractivity contribution in [2.24, 2.45) is 0 Å². The minimum absolute atomic E-state index is 0.120.